The first-order chi connectivity index (χ1) is 16.9. The SMILES string of the molecule is C[C@H]1O[C@@H](n2cc(-c3ccccc3)c3c2N=CN(Nc2ccc4c(c2)N(C)C(=O)C4)C3)[C@H](O)[C@@H]1O. The van der Waals surface area contributed by atoms with Gasteiger partial charge in [-0.15, -0.1) is 0 Å². The standard InChI is InChI=1S/C26H27N5O4/c1-15-23(33)24(34)26(35-15)31-13-19(16-6-4-3-5-7-16)20-12-30(14-27-25(20)31)28-18-9-8-17-10-22(32)29(2)21(17)11-18/h3-9,11,13-15,23-24,26,28,33-34H,10,12H2,1-2H3/t15-,23-,24-,26-/m1/s1. The summed E-state index contributed by atoms with van der Waals surface area (Å²) in [5.74, 6) is 0.775. The first-order valence-corrected chi connectivity index (χ1v) is 11.7. The summed E-state index contributed by atoms with van der Waals surface area (Å²) in [5, 5.41) is 22.8. The van der Waals surface area contributed by atoms with Crippen LogP contribution in [0, 0.1) is 0 Å². The van der Waals surface area contributed by atoms with E-state index in [1.165, 1.54) is 0 Å². The molecule has 9 nitrogen and oxygen atoms in total. The van der Waals surface area contributed by atoms with Crippen LogP contribution in [0.25, 0.3) is 11.1 Å². The summed E-state index contributed by atoms with van der Waals surface area (Å²) in [4.78, 5) is 18.4. The number of amides is 1. The normalized spacial score (nSPS) is 25.2. The molecule has 35 heavy (non-hydrogen) atoms. The molecular weight excluding hydrogens is 446 g/mol. The zero-order valence-corrected chi connectivity index (χ0v) is 19.5. The molecule has 1 saturated heterocycles. The van der Waals surface area contributed by atoms with Gasteiger partial charge in [0.2, 0.25) is 5.91 Å². The molecule has 3 aromatic rings. The third-order valence-electron chi connectivity index (χ3n) is 7.03. The van der Waals surface area contributed by atoms with Gasteiger partial charge >= 0.3 is 0 Å². The van der Waals surface area contributed by atoms with Crippen molar-refractivity contribution < 1.29 is 19.7 Å². The zero-order valence-electron chi connectivity index (χ0n) is 19.5. The molecule has 4 atom stereocenters. The predicted octanol–water partition coefficient (Wildman–Crippen LogP) is 2.82. The maximum atomic E-state index is 12.0. The van der Waals surface area contributed by atoms with Gasteiger partial charge in [0, 0.05) is 30.1 Å². The van der Waals surface area contributed by atoms with Crippen molar-refractivity contribution in [2.24, 2.45) is 4.99 Å². The molecule has 4 heterocycles. The van der Waals surface area contributed by atoms with E-state index < -0.39 is 24.5 Å². The van der Waals surface area contributed by atoms with Gasteiger partial charge in [-0.2, -0.15) is 0 Å². The number of ether oxygens (including phenoxy) is 1. The van der Waals surface area contributed by atoms with E-state index in [1.807, 2.05) is 64.3 Å². The number of aromatic nitrogens is 1. The number of benzene rings is 2. The molecule has 0 unspecified atom stereocenters. The lowest BCUT2D eigenvalue weighted by atomic mass is 10.0. The summed E-state index contributed by atoms with van der Waals surface area (Å²) in [5.41, 5.74) is 9.15. The lowest BCUT2D eigenvalue weighted by molar-refractivity contribution is -0.117. The Morgan fingerprint density at radius 1 is 1.11 bits per heavy atom. The minimum Gasteiger partial charge on any atom is -0.388 e. The number of nitrogens with one attached hydrogen (secondary N) is 1. The molecule has 3 aliphatic rings. The van der Waals surface area contributed by atoms with Crippen LogP contribution >= 0.6 is 0 Å². The number of likely N-dealkylation sites (N-methyl/N-ethyl adjacent to an activating group) is 1. The molecule has 0 aliphatic carbocycles. The van der Waals surface area contributed by atoms with E-state index in [4.69, 9.17) is 9.73 Å². The van der Waals surface area contributed by atoms with Gasteiger partial charge < -0.3 is 24.4 Å². The zero-order chi connectivity index (χ0) is 24.3. The maximum absolute atomic E-state index is 12.0. The van der Waals surface area contributed by atoms with Gasteiger partial charge in [-0.05, 0) is 30.2 Å². The van der Waals surface area contributed by atoms with Crippen LogP contribution in [0.3, 0.4) is 0 Å². The van der Waals surface area contributed by atoms with E-state index in [1.54, 1.807) is 25.2 Å². The molecule has 9 heteroatoms. The summed E-state index contributed by atoms with van der Waals surface area (Å²) in [6.45, 7) is 2.27. The molecule has 0 spiro atoms. The van der Waals surface area contributed by atoms with Gasteiger partial charge in [0.05, 0.1) is 24.8 Å². The Balaban J connectivity index is 1.34. The fourth-order valence-electron chi connectivity index (χ4n) is 5.05. The molecule has 0 bridgehead atoms. The summed E-state index contributed by atoms with van der Waals surface area (Å²) in [6.07, 6.45) is 0.844. The number of rotatable bonds is 4. The Kier molecular flexibility index (Phi) is 5.14. The molecule has 3 N–H and O–H groups in total. The first kappa shape index (κ1) is 21.8. The van der Waals surface area contributed by atoms with Gasteiger partial charge in [0.1, 0.15) is 24.4 Å². The topological polar surface area (TPSA) is 103 Å². The molecule has 1 aromatic heterocycles. The van der Waals surface area contributed by atoms with Gasteiger partial charge in [-0.25, -0.2) is 4.99 Å². The largest absolute Gasteiger partial charge is 0.388 e. The van der Waals surface area contributed by atoms with Gasteiger partial charge in [-0.3, -0.25) is 15.2 Å². The van der Waals surface area contributed by atoms with Crippen molar-refractivity contribution in [2.45, 2.75) is 44.4 Å². The van der Waals surface area contributed by atoms with Gasteiger partial charge in [0.25, 0.3) is 0 Å². The lowest BCUT2D eigenvalue weighted by Crippen LogP contribution is -2.31. The van der Waals surface area contributed by atoms with Crippen molar-refractivity contribution in [3.63, 3.8) is 0 Å². The van der Waals surface area contributed by atoms with Gasteiger partial charge in [0.15, 0.2) is 6.23 Å². The summed E-state index contributed by atoms with van der Waals surface area (Å²) < 4.78 is 7.72. The Bertz CT molecular complexity index is 1320. The van der Waals surface area contributed by atoms with E-state index in [-0.39, 0.29) is 5.91 Å². The quantitative estimate of drug-likeness (QED) is 0.539. The van der Waals surface area contributed by atoms with Crippen molar-refractivity contribution >= 4 is 29.4 Å². The summed E-state index contributed by atoms with van der Waals surface area (Å²) in [7, 11) is 1.79. The second kappa shape index (κ2) is 8.23. The van der Waals surface area contributed by atoms with Crippen LogP contribution < -0.4 is 10.3 Å². The Labute approximate surface area is 202 Å². The second-order valence-electron chi connectivity index (χ2n) is 9.29. The number of hydrazine groups is 1. The Hall–Kier alpha value is -3.66. The molecule has 6 rings (SSSR count). The van der Waals surface area contributed by atoms with E-state index >= 15 is 0 Å². The van der Waals surface area contributed by atoms with Crippen LogP contribution in [0.15, 0.2) is 59.7 Å². The Morgan fingerprint density at radius 3 is 2.66 bits per heavy atom. The van der Waals surface area contributed by atoms with E-state index in [2.05, 4.69) is 5.43 Å². The van der Waals surface area contributed by atoms with Crippen molar-refractivity contribution in [3.8, 4) is 11.1 Å². The second-order valence-corrected chi connectivity index (χ2v) is 9.29. The van der Waals surface area contributed by atoms with Gasteiger partial charge in [-0.1, -0.05) is 36.4 Å². The minimum atomic E-state index is -1.05. The highest BCUT2D eigenvalue weighted by molar-refractivity contribution is 6.01. The number of carbonyl (C=O) groups excluding carboxylic acids is 1. The summed E-state index contributed by atoms with van der Waals surface area (Å²) in [6, 6.07) is 15.9. The highest BCUT2D eigenvalue weighted by atomic mass is 16.6. The highest BCUT2D eigenvalue weighted by Crippen LogP contribution is 2.41. The number of nitrogens with zero attached hydrogens (tertiary/aromatic N) is 4. The number of hydrogen-bond donors (Lipinski definition) is 3. The van der Waals surface area contributed by atoms with E-state index in [9.17, 15) is 15.0 Å². The predicted molar refractivity (Wildman–Crippen MR) is 132 cm³/mol. The van der Waals surface area contributed by atoms with Crippen molar-refractivity contribution in [3.05, 3.63) is 65.9 Å². The maximum Gasteiger partial charge on any atom is 0.231 e. The minimum absolute atomic E-state index is 0.0888. The fraction of sp³-hybridized carbons (Fsp3) is 0.308. The van der Waals surface area contributed by atoms with Crippen LogP contribution in [0.4, 0.5) is 17.2 Å². The number of aliphatic hydroxyl groups excluding tert-OH is 2. The molecule has 180 valence electrons. The highest BCUT2D eigenvalue weighted by Gasteiger charge is 2.43. The van der Waals surface area contributed by atoms with E-state index in [0.29, 0.717) is 18.8 Å². The van der Waals surface area contributed by atoms with E-state index in [0.717, 1.165) is 33.6 Å². The number of aliphatic hydroxyl groups is 2. The van der Waals surface area contributed by atoms with Crippen molar-refractivity contribution in [1.29, 1.82) is 0 Å². The third-order valence-corrected chi connectivity index (χ3v) is 7.03. The molecule has 1 amide bonds. The van der Waals surface area contributed by atoms with Crippen LogP contribution in [-0.4, -0.2) is 57.4 Å². The monoisotopic (exact) mass is 473 g/mol. The number of anilines is 2. The number of hydrogen-bond acceptors (Lipinski definition) is 7. The molecular formula is C26H27N5O4. The molecule has 3 aliphatic heterocycles. The van der Waals surface area contributed by atoms with Crippen LogP contribution in [0.1, 0.15) is 24.3 Å². The molecule has 2 aromatic carbocycles. The molecule has 0 radical (unpaired) electrons. The summed E-state index contributed by atoms with van der Waals surface area (Å²) >= 11 is 0. The molecule has 0 saturated carbocycles. The Morgan fingerprint density at radius 2 is 1.91 bits per heavy atom. The van der Waals surface area contributed by atoms with Crippen molar-refractivity contribution in [1.82, 2.24) is 9.58 Å². The van der Waals surface area contributed by atoms with Crippen LogP contribution in [-0.2, 0) is 22.5 Å². The molecule has 1 fully saturated rings. The fourth-order valence-corrected chi connectivity index (χ4v) is 5.05. The lowest BCUT2D eigenvalue weighted by Gasteiger charge is -2.27. The first-order valence-electron chi connectivity index (χ1n) is 11.7. The number of fused-ring (bicyclic) bond motifs is 2. The van der Waals surface area contributed by atoms with Crippen molar-refractivity contribution in [2.75, 3.05) is 17.4 Å². The third kappa shape index (κ3) is 3.59. The van der Waals surface area contributed by atoms with Crippen LogP contribution in [0.5, 0.6) is 0 Å². The average molecular weight is 474 g/mol. The number of carbonyl (C=O) groups is 1. The number of aliphatic imine (C=N–C) groups is 1. The van der Waals surface area contributed by atoms with Crippen LogP contribution in [0.2, 0.25) is 0 Å². The average Bonchev–Trinajstić information content (AvgIpc) is 3.47. The smallest absolute Gasteiger partial charge is 0.231 e.